The molecule has 1 amide bonds. The molecule has 0 spiro atoms. The Morgan fingerprint density at radius 2 is 1.57 bits per heavy atom. The summed E-state index contributed by atoms with van der Waals surface area (Å²) in [5.41, 5.74) is -3.93. The van der Waals surface area contributed by atoms with Crippen molar-refractivity contribution in [2.45, 2.75) is 25.2 Å². The van der Waals surface area contributed by atoms with Gasteiger partial charge in [0.05, 0.1) is 11.8 Å². The third kappa shape index (κ3) is 2.44. The molecule has 0 aromatic rings. The Morgan fingerprint density at radius 3 is 1.90 bits per heavy atom. The molecule has 2 rings (SSSR count). The monoisotopic (exact) mass is 319 g/mol. The highest BCUT2D eigenvalue weighted by molar-refractivity contribution is 5.89. The lowest BCUT2D eigenvalue weighted by Gasteiger charge is -2.33. The third-order valence-electron chi connectivity index (χ3n) is 4.09. The van der Waals surface area contributed by atoms with E-state index >= 15 is 0 Å². The van der Waals surface area contributed by atoms with Gasteiger partial charge in [-0.2, -0.15) is 26.3 Å². The van der Waals surface area contributed by atoms with Crippen LogP contribution in [0.15, 0.2) is 0 Å². The maximum absolute atomic E-state index is 12.8. The lowest BCUT2D eigenvalue weighted by atomic mass is 9.85. The molecule has 0 aromatic heterocycles. The van der Waals surface area contributed by atoms with Gasteiger partial charge in [-0.15, -0.1) is 0 Å². The predicted octanol–water partition coefficient (Wildman–Crippen LogP) is 2.05. The number of alkyl halides is 6. The number of halogens is 6. The summed E-state index contributed by atoms with van der Waals surface area (Å²) in [6.45, 7) is -2.18. The molecule has 1 aliphatic heterocycles. The first-order chi connectivity index (χ1) is 9.41. The molecule has 4 nitrogen and oxygen atoms in total. The van der Waals surface area contributed by atoms with E-state index in [2.05, 4.69) is 0 Å². The standard InChI is InChI=1S/C11H11F6NO3/c12-10(13,14)9(11(15,16)17)1-2-18(4-9)7(19)5-3-6(5)8(20)21/h5-6H,1-4H2,(H,20,21). The Kier molecular flexibility index (Phi) is 3.41. The number of carbonyl (C=O) groups is 2. The molecule has 2 fully saturated rings. The summed E-state index contributed by atoms with van der Waals surface area (Å²) >= 11 is 0. The number of hydrogen-bond acceptors (Lipinski definition) is 2. The second-order valence-electron chi connectivity index (χ2n) is 5.37. The topological polar surface area (TPSA) is 57.6 Å². The van der Waals surface area contributed by atoms with Crippen LogP contribution in [0.4, 0.5) is 26.3 Å². The number of rotatable bonds is 2. The van der Waals surface area contributed by atoms with Crippen molar-refractivity contribution in [3.05, 3.63) is 0 Å². The molecular formula is C11H11F6NO3. The van der Waals surface area contributed by atoms with Crippen molar-refractivity contribution in [3.8, 4) is 0 Å². The Morgan fingerprint density at radius 1 is 1.05 bits per heavy atom. The summed E-state index contributed by atoms with van der Waals surface area (Å²) in [6.07, 6.45) is -12.3. The molecule has 120 valence electrons. The van der Waals surface area contributed by atoms with E-state index in [9.17, 15) is 35.9 Å². The number of nitrogens with zero attached hydrogens (tertiary/aromatic N) is 1. The van der Waals surface area contributed by atoms with Gasteiger partial charge in [0.1, 0.15) is 0 Å². The van der Waals surface area contributed by atoms with E-state index in [1.54, 1.807) is 0 Å². The highest BCUT2D eigenvalue weighted by Crippen LogP contribution is 2.56. The van der Waals surface area contributed by atoms with Crippen molar-refractivity contribution in [2.75, 3.05) is 13.1 Å². The summed E-state index contributed by atoms with van der Waals surface area (Å²) < 4.78 is 76.9. The quantitative estimate of drug-likeness (QED) is 0.793. The molecule has 10 heteroatoms. The van der Waals surface area contributed by atoms with Gasteiger partial charge < -0.3 is 10.0 Å². The minimum atomic E-state index is -5.52. The maximum atomic E-state index is 12.8. The molecule has 0 radical (unpaired) electrons. The summed E-state index contributed by atoms with van der Waals surface area (Å²) in [6, 6.07) is 0. The van der Waals surface area contributed by atoms with E-state index in [1.165, 1.54) is 0 Å². The fraction of sp³-hybridized carbons (Fsp3) is 0.818. The Hall–Kier alpha value is -1.48. The molecule has 2 unspecified atom stereocenters. The molecule has 1 heterocycles. The fourth-order valence-corrected chi connectivity index (χ4v) is 2.60. The van der Waals surface area contributed by atoms with Crippen molar-refractivity contribution in [1.82, 2.24) is 4.90 Å². The van der Waals surface area contributed by atoms with Crippen molar-refractivity contribution < 1.29 is 41.0 Å². The van der Waals surface area contributed by atoms with Crippen LogP contribution in [-0.4, -0.2) is 47.3 Å². The number of likely N-dealkylation sites (tertiary alicyclic amines) is 1. The molecule has 0 bridgehead atoms. The first-order valence-corrected chi connectivity index (χ1v) is 6.06. The van der Waals surface area contributed by atoms with Crippen LogP contribution < -0.4 is 0 Å². The summed E-state index contributed by atoms with van der Waals surface area (Å²) in [7, 11) is 0. The van der Waals surface area contributed by atoms with Gasteiger partial charge in [0, 0.05) is 13.1 Å². The first kappa shape index (κ1) is 15.9. The van der Waals surface area contributed by atoms with Gasteiger partial charge in [0.15, 0.2) is 5.41 Å². The van der Waals surface area contributed by atoms with Gasteiger partial charge >= 0.3 is 18.3 Å². The average molecular weight is 319 g/mol. The molecule has 1 saturated heterocycles. The molecule has 1 aliphatic carbocycles. The number of amides is 1. The first-order valence-electron chi connectivity index (χ1n) is 6.06. The van der Waals surface area contributed by atoms with Crippen molar-refractivity contribution in [1.29, 1.82) is 0 Å². The van der Waals surface area contributed by atoms with Gasteiger partial charge in [-0.3, -0.25) is 9.59 Å². The fourth-order valence-electron chi connectivity index (χ4n) is 2.60. The maximum Gasteiger partial charge on any atom is 0.404 e. The number of carboxylic acid groups (broad SMARTS) is 1. The Bertz CT molecular complexity index is 458. The molecule has 2 atom stereocenters. The van der Waals surface area contributed by atoms with Crippen LogP contribution in [0.2, 0.25) is 0 Å². The lowest BCUT2D eigenvalue weighted by Crippen LogP contribution is -2.52. The zero-order chi connectivity index (χ0) is 16.2. The molecule has 2 aliphatic rings. The van der Waals surface area contributed by atoms with Gasteiger partial charge in [0.2, 0.25) is 5.91 Å². The van der Waals surface area contributed by atoms with E-state index in [-0.39, 0.29) is 6.42 Å². The van der Waals surface area contributed by atoms with Crippen LogP contribution in [0.5, 0.6) is 0 Å². The largest absolute Gasteiger partial charge is 0.481 e. The molecule has 1 saturated carbocycles. The zero-order valence-electron chi connectivity index (χ0n) is 10.5. The smallest absolute Gasteiger partial charge is 0.404 e. The second kappa shape index (κ2) is 4.51. The van der Waals surface area contributed by atoms with Gasteiger partial charge in [-0.1, -0.05) is 0 Å². The SMILES string of the molecule is O=C(O)C1CC1C(=O)N1CCC(C(F)(F)F)(C(F)(F)F)C1. The van der Waals surface area contributed by atoms with Gasteiger partial charge in [0.25, 0.3) is 0 Å². The van der Waals surface area contributed by atoms with Crippen molar-refractivity contribution in [3.63, 3.8) is 0 Å². The molecule has 1 N–H and O–H groups in total. The summed E-state index contributed by atoms with van der Waals surface area (Å²) in [5, 5.41) is 8.65. The van der Waals surface area contributed by atoms with Crippen molar-refractivity contribution in [2.24, 2.45) is 17.3 Å². The average Bonchev–Trinajstić information content (AvgIpc) is 2.95. The van der Waals surface area contributed by atoms with Gasteiger partial charge in [-0.25, -0.2) is 0 Å². The number of carbonyl (C=O) groups excluding carboxylic acids is 1. The van der Waals surface area contributed by atoms with Crippen LogP contribution in [0.3, 0.4) is 0 Å². The van der Waals surface area contributed by atoms with E-state index in [1.807, 2.05) is 0 Å². The minimum absolute atomic E-state index is 0.0459. The minimum Gasteiger partial charge on any atom is -0.481 e. The zero-order valence-corrected chi connectivity index (χ0v) is 10.5. The predicted molar refractivity (Wildman–Crippen MR) is 55.0 cm³/mol. The highest BCUT2D eigenvalue weighted by atomic mass is 19.4. The van der Waals surface area contributed by atoms with Crippen LogP contribution in [0.25, 0.3) is 0 Å². The Labute approximate surface area is 114 Å². The second-order valence-corrected chi connectivity index (χ2v) is 5.37. The molecular weight excluding hydrogens is 308 g/mol. The van der Waals surface area contributed by atoms with E-state index < -0.39 is 61.0 Å². The number of hydrogen-bond donors (Lipinski definition) is 1. The summed E-state index contributed by atoms with van der Waals surface area (Å²) in [5.74, 6) is -4.24. The normalized spacial score (nSPS) is 28.6. The Balaban J connectivity index is 2.15. The van der Waals surface area contributed by atoms with Crippen LogP contribution >= 0.6 is 0 Å². The van der Waals surface area contributed by atoms with Crippen molar-refractivity contribution >= 4 is 11.9 Å². The van der Waals surface area contributed by atoms with Crippen LogP contribution in [-0.2, 0) is 9.59 Å². The molecule has 21 heavy (non-hydrogen) atoms. The van der Waals surface area contributed by atoms with Crippen LogP contribution in [0, 0.1) is 17.3 Å². The third-order valence-corrected chi connectivity index (χ3v) is 4.09. The van der Waals surface area contributed by atoms with Gasteiger partial charge in [-0.05, 0) is 12.8 Å². The summed E-state index contributed by atoms with van der Waals surface area (Å²) in [4.78, 5) is 22.9. The number of aliphatic carboxylic acids is 1. The lowest BCUT2D eigenvalue weighted by molar-refractivity contribution is -0.334. The number of carboxylic acids is 1. The van der Waals surface area contributed by atoms with E-state index in [4.69, 9.17) is 5.11 Å². The highest BCUT2D eigenvalue weighted by Gasteiger charge is 2.73. The molecule has 0 aromatic carbocycles. The van der Waals surface area contributed by atoms with Crippen LogP contribution in [0.1, 0.15) is 12.8 Å². The van der Waals surface area contributed by atoms with E-state index in [0.29, 0.717) is 4.90 Å². The van der Waals surface area contributed by atoms with E-state index in [0.717, 1.165) is 0 Å².